The van der Waals surface area contributed by atoms with E-state index in [1.165, 1.54) is 9.44 Å². The number of carbonyl (C=O) groups is 2. The highest BCUT2D eigenvalue weighted by Crippen LogP contribution is 2.36. The van der Waals surface area contributed by atoms with E-state index in [0.29, 0.717) is 33.4 Å². The lowest BCUT2D eigenvalue weighted by molar-refractivity contribution is -0.119. The molecular formula is C21H22N4O4S2. The molecule has 1 aromatic carbocycles. The van der Waals surface area contributed by atoms with E-state index in [-0.39, 0.29) is 5.56 Å². The summed E-state index contributed by atoms with van der Waals surface area (Å²) in [6.45, 7) is 4.08. The SMILES string of the molecule is CCOc1ccc(-n2c(S[C@@H](C)C(=O)NC(N)=O)nc3sc4c(c3c2=O)CCC4)cc1. The molecule has 3 amide bonds. The number of ether oxygens (including phenoxy) is 1. The third kappa shape index (κ3) is 4.17. The highest BCUT2D eigenvalue weighted by molar-refractivity contribution is 8.00. The molecule has 162 valence electrons. The maximum Gasteiger partial charge on any atom is 0.318 e. The van der Waals surface area contributed by atoms with Gasteiger partial charge in [0.25, 0.3) is 5.56 Å². The van der Waals surface area contributed by atoms with Gasteiger partial charge in [-0.05, 0) is 62.9 Å². The van der Waals surface area contributed by atoms with Crippen molar-refractivity contribution in [1.82, 2.24) is 14.9 Å². The largest absolute Gasteiger partial charge is 0.494 e. The summed E-state index contributed by atoms with van der Waals surface area (Å²) >= 11 is 2.65. The number of nitrogens with zero attached hydrogens (tertiary/aromatic N) is 2. The van der Waals surface area contributed by atoms with Crippen LogP contribution in [-0.4, -0.2) is 33.3 Å². The minimum Gasteiger partial charge on any atom is -0.494 e. The van der Waals surface area contributed by atoms with E-state index >= 15 is 0 Å². The predicted molar refractivity (Wildman–Crippen MR) is 121 cm³/mol. The Kier molecular flexibility index (Phi) is 6.01. The standard InChI is InChI=1S/C21H22N4O4S2/c1-3-29-13-9-7-12(8-10-13)25-19(27)16-14-5-4-6-15(14)31-18(16)24-21(25)30-11(2)17(26)23-20(22)28/h7-11H,3-6H2,1-2H3,(H3,22,23,26,28)/t11-/m0/s1. The van der Waals surface area contributed by atoms with Crippen LogP contribution in [0.2, 0.25) is 0 Å². The second-order valence-electron chi connectivity index (χ2n) is 7.11. The molecule has 0 radical (unpaired) electrons. The molecule has 0 fully saturated rings. The van der Waals surface area contributed by atoms with E-state index in [0.717, 1.165) is 36.6 Å². The fraction of sp³-hybridized carbons (Fsp3) is 0.333. The number of hydrogen-bond donors (Lipinski definition) is 2. The first kappa shape index (κ1) is 21.4. The Balaban J connectivity index is 1.83. The molecule has 1 atom stereocenters. The van der Waals surface area contributed by atoms with E-state index in [1.54, 1.807) is 42.5 Å². The number of aromatic nitrogens is 2. The molecule has 31 heavy (non-hydrogen) atoms. The number of hydrogen-bond acceptors (Lipinski definition) is 7. The summed E-state index contributed by atoms with van der Waals surface area (Å²) in [7, 11) is 0. The molecule has 3 aromatic rings. The van der Waals surface area contributed by atoms with Gasteiger partial charge in [-0.2, -0.15) is 0 Å². The second-order valence-corrected chi connectivity index (χ2v) is 9.50. The van der Waals surface area contributed by atoms with Crippen LogP contribution >= 0.6 is 23.1 Å². The van der Waals surface area contributed by atoms with Gasteiger partial charge in [-0.25, -0.2) is 9.78 Å². The minimum atomic E-state index is -0.917. The van der Waals surface area contributed by atoms with Crippen molar-refractivity contribution in [3.63, 3.8) is 0 Å². The number of nitrogens with one attached hydrogen (secondary N) is 1. The number of amides is 3. The zero-order valence-electron chi connectivity index (χ0n) is 17.1. The second kappa shape index (κ2) is 8.72. The number of primary amides is 1. The molecule has 8 nitrogen and oxygen atoms in total. The van der Waals surface area contributed by atoms with Crippen LogP contribution in [0.15, 0.2) is 34.2 Å². The smallest absolute Gasteiger partial charge is 0.318 e. The summed E-state index contributed by atoms with van der Waals surface area (Å²) in [5.41, 5.74) is 6.63. The lowest BCUT2D eigenvalue weighted by Gasteiger charge is -2.15. The van der Waals surface area contributed by atoms with Crippen LogP contribution in [-0.2, 0) is 17.6 Å². The molecule has 4 rings (SSSR count). The van der Waals surface area contributed by atoms with Crippen molar-refractivity contribution >= 4 is 45.3 Å². The Hall–Kier alpha value is -2.85. The first-order chi connectivity index (χ1) is 14.9. The summed E-state index contributed by atoms with van der Waals surface area (Å²) in [5, 5.41) is 2.43. The van der Waals surface area contributed by atoms with Crippen molar-refractivity contribution in [1.29, 1.82) is 0 Å². The van der Waals surface area contributed by atoms with Gasteiger partial charge in [-0.1, -0.05) is 11.8 Å². The van der Waals surface area contributed by atoms with E-state index < -0.39 is 17.2 Å². The summed E-state index contributed by atoms with van der Waals surface area (Å²) in [5.74, 6) is 0.159. The number of urea groups is 1. The minimum absolute atomic E-state index is 0.154. The molecule has 0 aliphatic heterocycles. The number of aryl methyl sites for hydroxylation is 2. The van der Waals surface area contributed by atoms with Crippen LogP contribution in [0.4, 0.5) is 4.79 Å². The number of nitrogens with two attached hydrogens (primary N) is 1. The van der Waals surface area contributed by atoms with E-state index in [9.17, 15) is 14.4 Å². The zero-order valence-corrected chi connectivity index (χ0v) is 18.8. The zero-order chi connectivity index (χ0) is 22.1. The molecule has 2 heterocycles. The average Bonchev–Trinajstić information content (AvgIpc) is 3.29. The van der Waals surface area contributed by atoms with Crippen molar-refractivity contribution in [2.75, 3.05) is 6.61 Å². The van der Waals surface area contributed by atoms with E-state index in [2.05, 4.69) is 5.32 Å². The maximum atomic E-state index is 13.6. The van der Waals surface area contributed by atoms with Gasteiger partial charge in [-0.15, -0.1) is 11.3 Å². The monoisotopic (exact) mass is 458 g/mol. The van der Waals surface area contributed by atoms with Crippen LogP contribution < -0.4 is 21.3 Å². The topological polar surface area (TPSA) is 116 Å². The highest BCUT2D eigenvalue weighted by Gasteiger charge is 2.26. The van der Waals surface area contributed by atoms with Gasteiger partial charge >= 0.3 is 6.03 Å². The number of rotatable bonds is 6. The third-order valence-electron chi connectivity index (χ3n) is 5.01. The summed E-state index contributed by atoms with van der Waals surface area (Å²) in [4.78, 5) is 43.5. The van der Waals surface area contributed by atoms with Crippen LogP contribution in [0.1, 0.15) is 30.7 Å². The number of imide groups is 1. The normalized spacial score (nSPS) is 13.7. The number of fused-ring (bicyclic) bond motifs is 3. The summed E-state index contributed by atoms with van der Waals surface area (Å²) in [6, 6.07) is 6.27. The van der Waals surface area contributed by atoms with Crippen molar-refractivity contribution in [2.24, 2.45) is 5.73 Å². The fourth-order valence-electron chi connectivity index (χ4n) is 3.62. The molecule has 0 spiro atoms. The molecule has 10 heteroatoms. The number of carbonyl (C=O) groups excluding carboxylic acids is 2. The van der Waals surface area contributed by atoms with Crippen molar-refractivity contribution in [2.45, 2.75) is 43.5 Å². The molecule has 1 aliphatic rings. The lowest BCUT2D eigenvalue weighted by Crippen LogP contribution is -2.39. The first-order valence-electron chi connectivity index (χ1n) is 9.96. The predicted octanol–water partition coefficient (Wildman–Crippen LogP) is 3.01. The summed E-state index contributed by atoms with van der Waals surface area (Å²) < 4.78 is 7.04. The molecule has 0 bridgehead atoms. The van der Waals surface area contributed by atoms with Crippen molar-refractivity contribution in [3.05, 3.63) is 45.1 Å². The molecule has 2 aromatic heterocycles. The van der Waals surface area contributed by atoms with Gasteiger partial charge < -0.3 is 10.5 Å². The highest BCUT2D eigenvalue weighted by atomic mass is 32.2. The van der Waals surface area contributed by atoms with Gasteiger partial charge in [0.15, 0.2) is 5.16 Å². The Morgan fingerprint density at radius 2 is 2.06 bits per heavy atom. The fourth-order valence-corrected chi connectivity index (χ4v) is 5.85. The molecule has 1 aliphatic carbocycles. The average molecular weight is 459 g/mol. The van der Waals surface area contributed by atoms with Gasteiger partial charge in [0.05, 0.1) is 22.9 Å². The number of thioether (sulfide) groups is 1. The molecular weight excluding hydrogens is 436 g/mol. The van der Waals surface area contributed by atoms with Crippen LogP contribution in [0.3, 0.4) is 0 Å². The Bertz CT molecular complexity index is 1220. The number of thiophene rings is 1. The first-order valence-corrected chi connectivity index (χ1v) is 11.7. The summed E-state index contributed by atoms with van der Waals surface area (Å²) in [6.07, 6.45) is 2.87. The van der Waals surface area contributed by atoms with Crippen LogP contribution in [0, 0.1) is 0 Å². The van der Waals surface area contributed by atoms with Crippen LogP contribution in [0.25, 0.3) is 15.9 Å². The van der Waals surface area contributed by atoms with Gasteiger partial charge in [0.2, 0.25) is 5.91 Å². The van der Waals surface area contributed by atoms with Crippen molar-refractivity contribution in [3.8, 4) is 11.4 Å². The maximum absolute atomic E-state index is 13.6. The van der Waals surface area contributed by atoms with E-state index in [4.69, 9.17) is 15.5 Å². The number of benzene rings is 1. The van der Waals surface area contributed by atoms with Crippen molar-refractivity contribution < 1.29 is 14.3 Å². The van der Waals surface area contributed by atoms with Crippen LogP contribution in [0.5, 0.6) is 5.75 Å². The third-order valence-corrected chi connectivity index (χ3v) is 7.25. The molecule has 0 saturated heterocycles. The molecule has 3 N–H and O–H groups in total. The van der Waals surface area contributed by atoms with Gasteiger partial charge in [0.1, 0.15) is 10.6 Å². The Labute approximate surface area is 186 Å². The molecule has 0 unspecified atom stereocenters. The quantitative estimate of drug-likeness (QED) is 0.433. The van der Waals surface area contributed by atoms with E-state index in [1.807, 2.05) is 6.92 Å². The Morgan fingerprint density at radius 3 is 2.74 bits per heavy atom. The lowest BCUT2D eigenvalue weighted by atomic mass is 10.2. The molecule has 0 saturated carbocycles. The van der Waals surface area contributed by atoms with Gasteiger partial charge in [0, 0.05) is 4.88 Å². The Morgan fingerprint density at radius 1 is 1.32 bits per heavy atom. The van der Waals surface area contributed by atoms with Gasteiger partial charge in [-0.3, -0.25) is 19.5 Å².